The molecule has 0 aliphatic heterocycles. The number of nitrogens with two attached hydrogens (primary N) is 1. The molecule has 0 saturated carbocycles. The zero-order chi connectivity index (χ0) is 67.8. The maximum atomic E-state index is 12.7. The summed E-state index contributed by atoms with van der Waals surface area (Å²) in [5, 5.41) is 21.3. The Kier molecular flexibility index (Phi) is 37.0. The Morgan fingerprint density at radius 3 is 1.11 bits per heavy atom. The number of hydrazone groups is 1. The van der Waals surface area contributed by atoms with Gasteiger partial charge in [0.25, 0.3) is 20.0 Å². The molecule has 0 bridgehead atoms. The maximum Gasteiger partial charge on any atom is 0.303 e. The molecule has 21 heteroatoms. The predicted octanol–water partition coefficient (Wildman–Crippen LogP) is 12.0. The third-order valence-corrected chi connectivity index (χ3v) is 14.7. The summed E-state index contributed by atoms with van der Waals surface area (Å²) < 4.78 is 58.3. The van der Waals surface area contributed by atoms with Crippen LogP contribution in [0, 0.1) is 13.8 Å². The Balaban J connectivity index is 0.000000402. The van der Waals surface area contributed by atoms with Gasteiger partial charge in [0, 0.05) is 49.6 Å². The van der Waals surface area contributed by atoms with Crippen LogP contribution in [0.4, 0.5) is 0 Å². The number of halogens is 1. The van der Waals surface area contributed by atoms with Gasteiger partial charge in [-0.15, -0.1) is 0 Å². The van der Waals surface area contributed by atoms with E-state index < -0.39 is 50.3 Å². The van der Waals surface area contributed by atoms with E-state index >= 15 is 0 Å². The highest BCUT2D eigenvalue weighted by Gasteiger charge is 2.26. The molecule has 484 valence electrons. The fourth-order valence-corrected chi connectivity index (χ4v) is 9.11. The second-order valence-corrected chi connectivity index (χ2v) is 23.1. The van der Waals surface area contributed by atoms with Crippen LogP contribution in [-0.4, -0.2) is 92.6 Å². The van der Waals surface area contributed by atoms with Crippen LogP contribution in [0.2, 0.25) is 0 Å². The van der Waals surface area contributed by atoms with Gasteiger partial charge in [-0.1, -0.05) is 238 Å². The highest BCUT2D eigenvalue weighted by molar-refractivity contribution is 7.89. The van der Waals surface area contributed by atoms with Crippen LogP contribution in [0.5, 0.6) is 0 Å². The molecule has 18 nitrogen and oxygen atoms in total. The van der Waals surface area contributed by atoms with E-state index in [0.29, 0.717) is 33.4 Å². The average molecular weight is 1300 g/mol. The summed E-state index contributed by atoms with van der Waals surface area (Å²) in [6.45, 7) is 19.7. The van der Waals surface area contributed by atoms with Gasteiger partial charge in [-0.3, -0.25) is 29.8 Å². The fraction of sp³-hybridized carbons (Fsp3) is 0.229. The molecular weight excluding hydrogens is 1220 g/mol. The number of ether oxygens (including phenoxy) is 2. The molecule has 0 aromatic heterocycles. The summed E-state index contributed by atoms with van der Waals surface area (Å²) in [5.74, 6) is 3.37. The van der Waals surface area contributed by atoms with Crippen molar-refractivity contribution in [3.63, 3.8) is 0 Å². The molecule has 3 unspecified atom stereocenters. The summed E-state index contributed by atoms with van der Waals surface area (Å²) in [6, 6.07) is 66.5. The van der Waals surface area contributed by atoms with E-state index in [9.17, 15) is 45.9 Å². The van der Waals surface area contributed by atoms with Crippen molar-refractivity contribution >= 4 is 66.1 Å². The largest absolute Gasteiger partial charge is 0.451 e. The lowest BCUT2D eigenvalue weighted by atomic mass is 9.99. The van der Waals surface area contributed by atoms with Gasteiger partial charge in [0.15, 0.2) is 18.0 Å². The second-order valence-electron chi connectivity index (χ2n) is 19.2. The van der Waals surface area contributed by atoms with E-state index in [4.69, 9.17) is 20.4 Å². The van der Waals surface area contributed by atoms with Crippen LogP contribution in [-0.2, 0) is 43.9 Å². The average Bonchev–Trinajstić information content (AvgIpc) is 3.24. The summed E-state index contributed by atoms with van der Waals surface area (Å²) in [4.78, 5) is 63.2. The number of hydrogen-bond acceptors (Lipinski definition) is 16. The molecule has 8 aromatic carbocycles. The summed E-state index contributed by atoms with van der Waals surface area (Å²) >= 11 is 4.64. The second kappa shape index (κ2) is 43.0. The van der Waals surface area contributed by atoms with E-state index in [-0.39, 0.29) is 38.9 Å². The van der Waals surface area contributed by atoms with Crippen molar-refractivity contribution in [2.45, 2.75) is 90.4 Å². The van der Waals surface area contributed by atoms with Crippen molar-refractivity contribution in [2.75, 3.05) is 26.2 Å². The summed E-state index contributed by atoms with van der Waals surface area (Å²) in [7, 11) is -7.39. The number of aliphatic hydroxyl groups is 2. The van der Waals surface area contributed by atoms with E-state index in [1.165, 1.54) is 64.7 Å². The summed E-state index contributed by atoms with van der Waals surface area (Å²) in [6.07, 6.45) is -2.85. The zero-order valence-electron chi connectivity index (χ0n) is 52.6. The van der Waals surface area contributed by atoms with Gasteiger partial charge >= 0.3 is 11.9 Å². The van der Waals surface area contributed by atoms with Crippen LogP contribution in [0.1, 0.15) is 121 Å². The van der Waals surface area contributed by atoms with E-state index in [2.05, 4.69) is 47.2 Å². The van der Waals surface area contributed by atoms with Crippen molar-refractivity contribution in [3.05, 3.63) is 275 Å². The number of carbonyl (C=O) groups excluding carboxylic acids is 5. The molecule has 0 aliphatic rings. The Morgan fingerprint density at radius 2 is 0.780 bits per heavy atom. The number of hydrogen-bond donors (Lipinski definition) is 5. The number of nitrogens with one attached hydrogen (secondary N) is 2. The first-order chi connectivity index (χ1) is 43.4. The fourth-order valence-electron chi connectivity index (χ4n) is 7.66. The molecule has 91 heavy (non-hydrogen) atoms. The standard InChI is InChI=1S/C23H22N2O4S.C16H14O3.C14H12O2.C7H10N2O2S.C6H15N.C2H3ClO.C2H6O/c1-17-13-15-21(16-14-17)30(27,28)25-24-22(19-9-5-3-6-10-19)23(29-18(2)26)20-11-7-4-8-12-20;1-12(17)19-16(14-10-6-3-7-11-14)15(18)13-8-4-2-5-9-13;15-13(11-7-3-1-4-8-11)14(16)12-9-5-2-6-10-12;1-6-2-4-7(5-3-6)12(10,11)9-8;1-4-7(5-2)6-3;1-2(3)4;1-2-3/h3-16,23,25H,1-2H3;2-11,16H,1H3;1-10,13,15H;2-5,9H,8H2,1H3;4-6H2,1-3H3;1H3;3H,2H2,1H3/b24-22+;;;;;;. The lowest BCUT2D eigenvalue weighted by Crippen LogP contribution is -2.30. The van der Waals surface area contributed by atoms with E-state index in [0.717, 1.165) is 11.1 Å². The van der Waals surface area contributed by atoms with Gasteiger partial charge in [0.2, 0.25) is 11.0 Å². The zero-order valence-corrected chi connectivity index (χ0v) is 54.9. The van der Waals surface area contributed by atoms with Crippen LogP contribution in [0.25, 0.3) is 0 Å². The highest BCUT2D eigenvalue weighted by Crippen LogP contribution is 2.26. The van der Waals surface area contributed by atoms with Gasteiger partial charge in [0.1, 0.15) is 11.8 Å². The molecule has 0 amide bonds. The van der Waals surface area contributed by atoms with Gasteiger partial charge in [-0.05, 0) is 87.4 Å². The highest BCUT2D eigenvalue weighted by atomic mass is 35.5. The molecule has 0 radical (unpaired) electrons. The number of aliphatic hydroxyl groups excluding tert-OH is 2. The SMILES string of the molecule is CC(=O)Cl.CC(=O)OC(/C(=N/NS(=O)(=O)c1ccc(C)cc1)c1ccccc1)c1ccccc1.CC(=O)OC(C(=O)c1ccccc1)c1ccccc1.CCN(CC)CC.CCO.Cc1ccc(S(=O)(=O)NN)cc1.O=C(c1ccccc1)C(O)c1ccccc1. The Bertz CT molecular complexity index is 3640. The molecule has 0 heterocycles. The van der Waals surface area contributed by atoms with Gasteiger partial charge in [0.05, 0.1) is 9.79 Å². The Hall–Kier alpha value is -8.83. The van der Waals surface area contributed by atoms with Crippen LogP contribution >= 0.6 is 11.6 Å². The molecule has 6 N–H and O–H groups in total. The maximum absolute atomic E-state index is 12.7. The Labute approximate surface area is 540 Å². The third-order valence-electron chi connectivity index (χ3n) is 12.3. The van der Waals surface area contributed by atoms with Crippen molar-refractivity contribution in [1.82, 2.24) is 14.6 Å². The predicted molar refractivity (Wildman–Crippen MR) is 358 cm³/mol. The number of Topliss-reactive ketones (excluding diaryl/α,β-unsaturated/α-hetero) is 2. The lowest BCUT2D eigenvalue weighted by molar-refractivity contribution is -0.145. The van der Waals surface area contributed by atoms with Crippen molar-refractivity contribution in [1.29, 1.82) is 0 Å². The first-order valence-electron chi connectivity index (χ1n) is 28.7. The van der Waals surface area contributed by atoms with E-state index in [1.54, 1.807) is 157 Å². The molecule has 0 aliphatic carbocycles. The minimum atomic E-state index is -3.90. The van der Waals surface area contributed by atoms with Crippen LogP contribution in [0.3, 0.4) is 0 Å². The smallest absolute Gasteiger partial charge is 0.303 e. The number of carbonyl (C=O) groups is 5. The molecule has 0 saturated heterocycles. The normalized spacial score (nSPS) is 11.6. The monoisotopic (exact) mass is 1300 g/mol. The summed E-state index contributed by atoms with van der Waals surface area (Å²) in [5.41, 5.74) is 5.86. The topological polar surface area (TPSA) is 278 Å². The molecule has 0 fully saturated rings. The minimum absolute atomic E-state index is 0.0907. The number of ketones is 2. The molecule has 0 spiro atoms. The Morgan fingerprint density at radius 1 is 0.484 bits per heavy atom. The number of hydrazine groups is 1. The van der Waals surface area contributed by atoms with Crippen molar-refractivity contribution in [2.24, 2.45) is 10.9 Å². The first-order valence-corrected chi connectivity index (χ1v) is 32.1. The van der Waals surface area contributed by atoms with Gasteiger partial charge in [-0.25, -0.2) is 8.42 Å². The van der Waals surface area contributed by atoms with Crippen LogP contribution in [0.15, 0.2) is 245 Å². The number of esters is 2. The van der Waals surface area contributed by atoms with Crippen molar-refractivity contribution < 1.29 is 60.5 Å². The third kappa shape index (κ3) is 30.0. The number of benzene rings is 8. The quantitative estimate of drug-likeness (QED) is 0.0126. The minimum Gasteiger partial charge on any atom is -0.451 e. The molecular formula is C70H82ClN5O13S2. The van der Waals surface area contributed by atoms with Gasteiger partial charge < -0.3 is 24.6 Å². The number of rotatable bonds is 19. The van der Waals surface area contributed by atoms with Gasteiger partial charge in [-0.2, -0.15) is 23.2 Å². The lowest BCUT2D eigenvalue weighted by Gasteiger charge is -2.20. The molecule has 3 atom stereocenters. The van der Waals surface area contributed by atoms with Crippen molar-refractivity contribution in [3.8, 4) is 0 Å². The molecule has 8 aromatic rings. The number of aryl methyl sites for hydroxylation is 2. The van der Waals surface area contributed by atoms with Crippen LogP contribution < -0.4 is 15.5 Å². The molecule has 8 rings (SSSR count). The van der Waals surface area contributed by atoms with E-state index in [1.807, 2.05) is 74.5 Å². The number of sulfonamides is 2. The number of nitrogens with zero attached hydrogens (tertiary/aromatic N) is 2. The first kappa shape index (κ1) is 78.3.